The van der Waals surface area contributed by atoms with Gasteiger partial charge in [0, 0.05) is 0 Å². The number of hydrogen-bond donors (Lipinski definition) is 6. The fraction of sp³-hybridized carbons (Fsp3) is 0.385. The molecule has 0 spiro atoms. The van der Waals surface area contributed by atoms with E-state index in [1.807, 2.05) is 0 Å². The summed E-state index contributed by atoms with van der Waals surface area (Å²) >= 11 is 0. The van der Waals surface area contributed by atoms with E-state index in [0.29, 0.717) is 0 Å². The van der Waals surface area contributed by atoms with Gasteiger partial charge in [-0.1, -0.05) is 12.1 Å². The van der Waals surface area contributed by atoms with Gasteiger partial charge in [0.05, 0.1) is 12.2 Å². The summed E-state index contributed by atoms with van der Waals surface area (Å²) in [4.78, 5) is 23.5. The monoisotopic (exact) mass is 300 g/mol. The molecule has 4 atom stereocenters. The molecule has 0 saturated carbocycles. The summed E-state index contributed by atoms with van der Waals surface area (Å²) in [7, 11) is 0. The van der Waals surface area contributed by atoms with E-state index in [0.717, 1.165) is 12.1 Å². The first kappa shape index (κ1) is 17.2. The third-order valence-electron chi connectivity index (χ3n) is 2.90. The largest absolute Gasteiger partial charge is 0.507 e. The number of carbonyl (C=O) groups excluding carboxylic acids is 2. The Kier molecular flexibility index (Phi) is 5.94. The summed E-state index contributed by atoms with van der Waals surface area (Å²) in [5.74, 6) is -3.20. The molecule has 0 aromatic heterocycles. The lowest BCUT2D eigenvalue weighted by atomic mass is 9.95. The van der Waals surface area contributed by atoms with Crippen molar-refractivity contribution >= 4 is 11.6 Å². The van der Waals surface area contributed by atoms with Crippen LogP contribution in [0.25, 0.3) is 0 Å². The Morgan fingerprint density at radius 2 is 1.57 bits per heavy atom. The second-order valence-corrected chi connectivity index (χ2v) is 4.39. The average Bonchev–Trinajstić information content (AvgIpc) is 2.50. The Morgan fingerprint density at radius 3 is 2.10 bits per heavy atom. The number of ketones is 2. The molecule has 8 heteroatoms. The molecule has 0 bridgehead atoms. The van der Waals surface area contributed by atoms with E-state index in [2.05, 4.69) is 0 Å². The van der Waals surface area contributed by atoms with Crippen molar-refractivity contribution in [2.75, 3.05) is 6.61 Å². The molecule has 0 aliphatic carbocycles. The first-order valence-electron chi connectivity index (χ1n) is 6.01. The van der Waals surface area contributed by atoms with Gasteiger partial charge < -0.3 is 30.6 Å². The molecule has 0 heterocycles. The highest BCUT2D eigenvalue weighted by molar-refractivity contribution is 6.45. The fourth-order valence-electron chi connectivity index (χ4n) is 1.61. The number of carbonyl (C=O) groups is 2. The number of aliphatic hydroxyl groups excluding tert-OH is 5. The molecule has 0 aliphatic heterocycles. The molecule has 1 aromatic carbocycles. The molecule has 8 nitrogen and oxygen atoms in total. The third-order valence-corrected chi connectivity index (χ3v) is 2.90. The standard InChI is InChI=1S/C13H16O8/c14-5-8(16)10(18)12(20)13(21)11(19)9(17)6-3-1-2-4-7(6)15/h1-4,8,10,12-16,18,20-21H,5H2/t8-,10-,12+,13+/m1/s1. The van der Waals surface area contributed by atoms with Crippen molar-refractivity contribution in [2.24, 2.45) is 0 Å². The first-order valence-corrected chi connectivity index (χ1v) is 6.01. The van der Waals surface area contributed by atoms with Crippen LogP contribution in [0.15, 0.2) is 24.3 Å². The van der Waals surface area contributed by atoms with E-state index in [4.69, 9.17) is 10.2 Å². The lowest BCUT2D eigenvalue weighted by Crippen LogP contribution is -2.50. The molecule has 0 amide bonds. The number of benzene rings is 1. The lowest BCUT2D eigenvalue weighted by Gasteiger charge is -2.24. The van der Waals surface area contributed by atoms with Crippen LogP contribution in [0.1, 0.15) is 10.4 Å². The second-order valence-electron chi connectivity index (χ2n) is 4.39. The Bertz CT molecular complexity index is 515. The zero-order chi connectivity index (χ0) is 16.2. The molecule has 0 fully saturated rings. The van der Waals surface area contributed by atoms with Gasteiger partial charge >= 0.3 is 0 Å². The number of rotatable bonds is 7. The van der Waals surface area contributed by atoms with Crippen molar-refractivity contribution in [1.82, 2.24) is 0 Å². The minimum Gasteiger partial charge on any atom is -0.507 e. The molecule has 1 rings (SSSR count). The summed E-state index contributed by atoms with van der Waals surface area (Å²) in [5.41, 5.74) is -0.369. The topological polar surface area (TPSA) is 156 Å². The van der Waals surface area contributed by atoms with Crippen molar-refractivity contribution < 1.29 is 40.2 Å². The predicted octanol–water partition coefficient (Wildman–Crippen LogP) is -2.42. The molecule has 21 heavy (non-hydrogen) atoms. The normalized spacial score (nSPS) is 16.8. The number of aliphatic hydroxyl groups is 5. The second kappa shape index (κ2) is 7.25. The summed E-state index contributed by atoms with van der Waals surface area (Å²) in [6, 6.07) is 5.11. The van der Waals surface area contributed by atoms with Crippen LogP contribution in [-0.4, -0.2) is 73.2 Å². The Hall–Kier alpha value is -1.84. The number of aromatic hydroxyl groups is 1. The maximum absolute atomic E-state index is 11.8. The average molecular weight is 300 g/mol. The first-order chi connectivity index (χ1) is 9.81. The maximum atomic E-state index is 11.8. The Balaban J connectivity index is 2.88. The predicted molar refractivity (Wildman–Crippen MR) is 68.6 cm³/mol. The SMILES string of the molecule is O=C(C(=O)[C@H](O)[C@@H](O)[C@H](O)[C@H](O)CO)c1ccccc1O. The van der Waals surface area contributed by atoms with Gasteiger partial charge in [-0.2, -0.15) is 0 Å². The van der Waals surface area contributed by atoms with E-state index in [-0.39, 0.29) is 5.56 Å². The molecule has 0 unspecified atom stereocenters. The van der Waals surface area contributed by atoms with E-state index in [1.54, 1.807) is 0 Å². The van der Waals surface area contributed by atoms with Crippen molar-refractivity contribution in [3.63, 3.8) is 0 Å². The molecule has 0 saturated heterocycles. The fourth-order valence-corrected chi connectivity index (χ4v) is 1.61. The molecule has 6 N–H and O–H groups in total. The number of Topliss-reactive ketones (excluding diaryl/α,β-unsaturated/α-hetero) is 2. The Morgan fingerprint density at radius 1 is 1.00 bits per heavy atom. The van der Waals surface area contributed by atoms with Crippen LogP contribution in [0, 0.1) is 0 Å². The van der Waals surface area contributed by atoms with Crippen LogP contribution < -0.4 is 0 Å². The molecular weight excluding hydrogens is 284 g/mol. The number of para-hydroxylation sites is 1. The minimum atomic E-state index is -2.31. The van der Waals surface area contributed by atoms with Crippen molar-refractivity contribution in [1.29, 1.82) is 0 Å². The van der Waals surface area contributed by atoms with E-state index < -0.39 is 48.3 Å². The zero-order valence-electron chi connectivity index (χ0n) is 10.8. The van der Waals surface area contributed by atoms with E-state index >= 15 is 0 Å². The highest BCUT2D eigenvalue weighted by Gasteiger charge is 2.37. The van der Waals surface area contributed by atoms with Crippen LogP contribution in [0.3, 0.4) is 0 Å². The Labute approximate surface area is 119 Å². The number of hydrogen-bond acceptors (Lipinski definition) is 8. The highest BCUT2D eigenvalue weighted by Crippen LogP contribution is 2.18. The van der Waals surface area contributed by atoms with Crippen molar-refractivity contribution in [3.05, 3.63) is 29.8 Å². The third kappa shape index (κ3) is 3.84. The van der Waals surface area contributed by atoms with Crippen LogP contribution >= 0.6 is 0 Å². The van der Waals surface area contributed by atoms with Crippen molar-refractivity contribution in [2.45, 2.75) is 24.4 Å². The molecular formula is C13H16O8. The van der Waals surface area contributed by atoms with Crippen LogP contribution in [0.4, 0.5) is 0 Å². The van der Waals surface area contributed by atoms with Gasteiger partial charge in [0.15, 0.2) is 0 Å². The van der Waals surface area contributed by atoms with Crippen LogP contribution in [-0.2, 0) is 4.79 Å². The summed E-state index contributed by atoms with van der Waals surface area (Å²) < 4.78 is 0. The van der Waals surface area contributed by atoms with Gasteiger partial charge in [-0.15, -0.1) is 0 Å². The van der Waals surface area contributed by atoms with Crippen LogP contribution in [0.5, 0.6) is 5.75 Å². The van der Waals surface area contributed by atoms with Gasteiger partial charge in [-0.25, -0.2) is 0 Å². The summed E-state index contributed by atoms with van der Waals surface area (Å²) in [5, 5.41) is 55.6. The molecule has 116 valence electrons. The van der Waals surface area contributed by atoms with Gasteiger partial charge in [0.2, 0.25) is 11.6 Å². The number of phenols is 1. The van der Waals surface area contributed by atoms with Gasteiger partial charge in [0.1, 0.15) is 30.2 Å². The molecule has 0 aliphatic rings. The maximum Gasteiger partial charge on any atom is 0.235 e. The van der Waals surface area contributed by atoms with Gasteiger partial charge in [-0.05, 0) is 12.1 Å². The number of phenolic OH excluding ortho intramolecular Hbond substituents is 1. The quantitative estimate of drug-likeness (QED) is 0.240. The van der Waals surface area contributed by atoms with Crippen LogP contribution in [0.2, 0.25) is 0 Å². The van der Waals surface area contributed by atoms with E-state index in [9.17, 15) is 30.0 Å². The molecule has 0 radical (unpaired) electrons. The summed E-state index contributed by atoms with van der Waals surface area (Å²) in [6.45, 7) is -0.910. The van der Waals surface area contributed by atoms with Gasteiger partial charge in [0.25, 0.3) is 0 Å². The summed E-state index contributed by atoms with van der Waals surface area (Å²) in [6.07, 6.45) is -8.29. The molecule has 1 aromatic rings. The smallest absolute Gasteiger partial charge is 0.235 e. The highest BCUT2D eigenvalue weighted by atomic mass is 16.4. The van der Waals surface area contributed by atoms with Crippen molar-refractivity contribution in [3.8, 4) is 5.75 Å². The zero-order valence-corrected chi connectivity index (χ0v) is 10.8. The van der Waals surface area contributed by atoms with E-state index in [1.165, 1.54) is 12.1 Å². The minimum absolute atomic E-state index is 0.369. The van der Waals surface area contributed by atoms with Gasteiger partial charge in [-0.3, -0.25) is 9.59 Å². The lowest BCUT2D eigenvalue weighted by molar-refractivity contribution is -0.143.